The third-order valence-electron chi connectivity index (χ3n) is 4.04. The number of methoxy groups -OCH3 is 2. The van der Waals surface area contributed by atoms with Gasteiger partial charge in [-0.15, -0.1) is 0 Å². The van der Waals surface area contributed by atoms with E-state index in [2.05, 4.69) is 6.58 Å². The van der Waals surface area contributed by atoms with Crippen LogP contribution >= 0.6 is 0 Å². The van der Waals surface area contributed by atoms with Gasteiger partial charge < -0.3 is 19.7 Å². The van der Waals surface area contributed by atoms with Crippen molar-refractivity contribution in [2.45, 2.75) is 50.4 Å². The summed E-state index contributed by atoms with van der Waals surface area (Å²) < 4.78 is 10.4. The van der Waals surface area contributed by atoms with Crippen LogP contribution in [0.4, 0.5) is 0 Å². The lowest BCUT2D eigenvalue weighted by Crippen LogP contribution is -2.37. The molecule has 2 N–H and O–H groups in total. The van der Waals surface area contributed by atoms with E-state index in [1.165, 1.54) is 0 Å². The van der Waals surface area contributed by atoms with E-state index < -0.39 is 5.60 Å². The van der Waals surface area contributed by atoms with Crippen LogP contribution in [0.2, 0.25) is 0 Å². The third kappa shape index (κ3) is 3.54. The van der Waals surface area contributed by atoms with Crippen LogP contribution in [0.5, 0.6) is 0 Å². The molecule has 0 saturated heterocycles. The standard InChI is InChI=1S/C14H26O4/c1-11(6-5-9-15)14(16)8-4-7-12(14)10-13(17-2)18-3/h12-13,15-16H,1,4-10H2,2-3H3/t12?,14-/m0/s1. The van der Waals surface area contributed by atoms with E-state index >= 15 is 0 Å². The fourth-order valence-corrected chi connectivity index (χ4v) is 2.87. The Balaban J connectivity index is 2.63. The molecule has 1 fully saturated rings. The van der Waals surface area contributed by atoms with Crippen LogP contribution in [-0.4, -0.2) is 42.9 Å². The minimum absolute atomic E-state index is 0.133. The molecule has 0 bridgehead atoms. The Bertz CT molecular complexity index is 263. The average molecular weight is 258 g/mol. The van der Waals surface area contributed by atoms with Crippen molar-refractivity contribution in [3.05, 3.63) is 12.2 Å². The first kappa shape index (κ1) is 15.6. The zero-order valence-corrected chi connectivity index (χ0v) is 11.5. The van der Waals surface area contributed by atoms with E-state index in [9.17, 15) is 5.11 Å². The molecular weight excluding hydrogens is 232 g/mol. The number of rotatable bonds is 8. The van der Waals surface area contributed by atoms with Crippen molar-refractivity contribution in [2.75, 3.05) is 20.8 Å². The van der Waals surface area contributed by atoms with E-state index in [1.807, 2.05) is 0 Å². The molecule has 0 aromatic heterocycles. The summed E-state index contributed by atoms with van der Waals surface area (Å²) in [5.74, 6) is 0.133. The molecule has 0 spiro atoms. The van der Waals surface area contributed by atoms with Crippen molar-refractivity contribution in [1.29, 1.82) is 0 Å². The molecule has 4 nitrogen and oxygen atoms in total. The van der Waals surface area contributed by atoms with Crippen LogP contribution in [0.15, 0.2) is 12.2 Å². The first-order valence-corrected chi connectivity index (χ1v) is 6.65. The highest BCUT2D eigenvalue weighted by molar-refractivity contribution is 5.17. The first-order chi connectivity index (χ1) is 8.58. The maximum atomic E-state index is 10.8. The number of hydrogen-bond donors (Lipinski definition) is 2. The fraction of sp³-hybridized carbons (Fsp3) is 0.857. The molecule has 1 saturated carbocycles. The summed E-state index contributed by atoms with van der Waals surface area (Å²) in [7, 11) is 3.23. The summed E-state index contributed by atoms with van der Waals surface area (Å²) in [5.41, 5.74) is 0.0230. The summed E-state index contributed by atoms with van der Waals surface area (Å²) in [4.78, 5) is 0. The molecule has 1 aliphatic carbocycles. The SMILES string of the molecule is C=C(CCCO)[C@@]1(O)CCCC1CC(OC)OC. The van der Waals surface area contributed by atoms with Gasteiger partial charge in [0.2, 0.25) is 0 Å². The van der Waals surface area contributed by atoms with Crippen LogP contribution < -0.4 is 0 Å². The van der Waals surface area contributed by atoms with Gasteiger partial charge >= 0.3 is 0 Å². The van der Waals surface area contributed by atoms with E-state index in [4.69, 9.17) is 14.6 Å². The smallest absolute Gasteiger partial charge is 0.157 e. The van der Waals surface area contributed by atoms with Crippen molar-refractivity contribution in [1.82, 2.24) is 0 Å². The topological polar surface area (TPSA) is 58.9 Å². The summed E-state index contributed by atoms with van der Waals surface area (Å²) >= 11 is 0. The van der Waals surface area contributed by atoms with Gasteiger partial charge in [-0.3, -0.25) is 0 Å². The lowest BCUT2D eigenvalue weighted by molar-refractivity contribution is -0.126. The highest BCUT2D eigenvalue weighted by Gasteiger charge is 2.43. The number of aliphatic hydroxyl groups excluding tert-OH is 1. The maximum absolute atomic E-state index is 10.8. The van der Waals surface area contributed by atoms with Gasteiger partial charge in [0.25, 0.3) is 0 Å². The van der Waals surface area contributed by atoms with Gasteiger partial charge in [0, 0.05) is 27.2 Å². The Labute approximate surface area is 110 Å². The van der Waals surface area contributed by atoms with Crippen LogP contribution in [0.1, 0.15) is 38.5 Å². The van der Waals surface area contributed by atoms with Crippen molar-refractivity contribution in [3.63, 3.8) is 0 Å². The lowest BCUT2D eigenvalue weighted by atomic mass is 9.80. The fourth-order valence-electron chi connectivity index (χ4n) is 2.87. The van der Waals surface area contributed by atoms with E-state index in [-0.39, 0.29) is 18.8 Å². The predicted octanol–water partition coefficient (Wildman–Crippen LogP) is 1.86. The van der Waals surface area contributed by atoms with Crippen LogP contribution in [-0.2, 0) is 9.47 Å². The van der Waals surface area contributed by atoms with Gasteiger partial charge in [-0.25, -0.2) is 0 Å². The van der Waals surface area contributed by atoms with Crippen LogP contribution in [0, 0.1) is 5.92 Å². The van der Waals surface area contributed by atoms with Gasteiger partial charge in [-0.1, -0.05) is 6.58 Å². The first-order valence-electron chi connectivity index (χ1n) is 6.65. The molecule has 2 atom stereocenters. The van der Waals surface area contributed by atoms with E-state index in [1.54, 1.807) is 14.2 Å². The molecule has 0 aliphatic heterocycles. The molecule has 0 heterocycles. The van der Waals surface area contributed by atoms with Gasteiger partial charge in [0.1, 0.15) is 0 Å². The van der Waals surface area contributed by atoms with Crippen molar-refractivity contribution in [2.24, 2.45) is 5.92 Å². The Hall–Kier alpha value is -0.420. The number of hydrogen-bond acceptors (Lipinski definition) is 4. The molecule has 0 aromatic carbocycles. The van der Waals surface area contributed by atoms with E-state index in [0.29, 0.717) is 19.3 Å². The second-order valence-electron chi connectivity index (χ2n) is 5.08. The van der Waals surface area contributed by atoms with E-state index in [0.717, 1.165) is 24.8 Å². The molecule has 0 amide bonds. The average Bonchev–Trinajstić information content (AvgIpc) is 2.75. The zero-order valence-electron chi connectivity index (χ0n) is 11.5. The molecule has 1 unspecified atom stereocenters. The second kappa shape index (κ2) is 7.24. The van der Waals surface area contributed by atoms with Crippen molar-refractivity contribution < 1.29 is 19.7 Å². The Morgan fingerprint density at radius 3 is 2.67 bits per heavy atom. The second-order valence-corrected chi connectivity index (χ2v) is 5.08. The quantitative estimate of drug-likeness (QED) is 0.515. The zero-order chi connectivity index (χ0) is 13.6. The monoisotopic (exact) mass is 258 g/mol. The summed E-state index contributed by atoms with van der Waals surface area (Å²) in [5, 5.41) is 19.7. The molecule has 4 heteroatoms. The minimum atomic E-state index is -0.815. The third-order valence-corrected chi connectivity index (χ3v) is 4.04. The Kier molecular flexibility index (Phi) is 6.29. The highest BCUT2D eigenvalue weighted by atomic mass is 16.7. The molecule has 1 aliphatic rings. The lowest BCUT2D eigenvalue weighted by Gasteiger charge is -2.34. The van der Waals surface area contributed by atoms with Crippen LogP contribution in [0.25, 0.3) is 0 Å². The number of ether oxygens (including phenoxy) is 2. The molecule has 106 valence electrons. The Morgan fingerprint density at radius 2 is 2.11 bits per heavy atom. The van der Waals surface area contributed by atoms with Crippen molar-refractivity contribution >= 4 is 0 Å². The minimum Gasteiger partial charge on any atom is -0.396 e. The molecule has 1 rings (SSSR count). The molecule has 0 radical (unpaired) electrons. The summed E-state index contributed by atoms with van der Waals surface area (Å²) in [6.07, 6.45) is 4.46. The van der Waals surface area contributed by atoms with Gasteiger partial charge in [-0.2, -0.15) is 0 Å². The van der Waals surface area contributed by atoms with Crippen LogP contribution in [0.3, 0.4) is 0 Å². The van der Waals surface area contributed by atoms with Crippen molar-refractivity contribution in [3.8, 4) is 0 Å². The maximum Gasteiger partial charge on any atom is 0.157 e. The highest BCUT2D eigenvalue weighted by Crippen LogP contribution is 2.44. The summed E-state index contributed by atoms with van der Waals surface area (Å²) in [6.45, 7) is 4.15. The molecule has 0 aromatic rings. The summed E-state index contributed by atoms with van der Waals surface area (Å²) in [6, 6.07) is 0. The largest absolute Gasteiger partial charge is 0.396 e. The van der Waals surface area contributed by atoms with Gasteiger partial charge in [0.05, 0.1) is 5.60 Å². The normalized spacial score (nSPS) is 27.9. The van der Waals surface area contributed by atoms with Gasteiger partial charge in [-0.05, 0) is 43.6 Å². The molecule has 18 heavy (non-hydrogen) atoms. The molecular formula is C14H26O4. The predicted molar refractivity (Wildman–Crippen MR) is 70.2 cm³/mol. The Morgan fingerprint density at radius 1 is 1.44 bits per heavy atom. The number of aliphatic hydroxyl groups is 2. The van der Waals surface area contributed by atoms with Gasteiger partial charge in [0.15, 0.2) is 6.29 Å².